The maximum atomic E-state index is 12.4. The minimum Gasteiger partial charge on any atom is -0.469 e. The second-order valence-electron chi connectivity index (χ2n) is 6.50. The third kappa shape index (κ3) is 4.40. The van der Waals surface area contributed by atoms with Crippen LogP contribution >= 0.6 is 0 Å². The van der Waals surface area contributed by atoms with E-state index in [1.54, 1.807) is 19.2 Å². The lowest BCUT2D eigenvalue weighted by Crippen LogP contribution is -2.55. The molecule has 1 aromatic rings. The quantitative estimate of drug-likeness (QED) is 0.743. The molecule has 1 fully saturated rings. The third-order valence-electron chi connectivity index (χ3n) is 5.02. The predicted molar refractivity (Wildman–Crippen MR) is 95.4 cm³/mol. The number of carbonyl (C=O) groups is 3. The van der Waals surface area contributed by atoms with Gasteiger partial charge in [-0.2, -0.15) is 0 Å². The summed E-state index contributed by atoms with van der Waals surface area (Å²) >= 11 is 0. The number of nitrogens with one attached hydrogen (secondary N) is 2. The van der Waals surface area contributed by atoms with Crippen molar-refractivity contribution < 1.29 is 23.9 Å². The van der Waals surface area contributed by atoms with Crippen molar-refractivity contribution in [3.63, 3.8) is 0 Å². The number of benzene rings is 1. The van der Waals surface area contributed by atoms with Crippen LogP contribution in [0.5, 0.6) is 0 Å². The molecule has 2 rings (SSSR count). The SMILES string of the molecule is CNC(=O)c1ccc(CNC2(C(=O)OC)CCC(C(=O)OC)CC2)cc1. The lowest BCUT2D eigenvalue weighted by atomic mass is 9.76. The second-order valence-corrected chi connectivity index (χ2v) is 6.50. The molecule has 1 aliphatic rings. The van der Waals surface area contributed by atoms with E-state index in [9.17, 15) is 14.4 Å². The standard InChI is InChI=1S/C19H26N2O5/c1-20-16(22)14-6-4-13(5-7-14)12-21-19(18(24)26-3)10-8-15(9-11-19)17(23)25-2/h4-7,15,21H,8-12H2,1-3H3,(H,20,22). The van der Waals surface area contributed by atoms with E-state index in [0.29, 0.717) is 37.8 Å². The van der Waals surface area contributed by atoms with Crippen molar-refractivity contribution >= 4 is 17.8 Å². The van der Waals surface area contributed by atoms with Crippen LogP contribution in [0.3, 0.4) is 0 Å². The van der Waals surface area contributed by atoms with Crippen molar-refractivity contribution in [1.29, 1.82) is 0 Å². The highest BCUT2D eigenvalue weighted by atomic mass is 16.5. The van der Waals surface area contributed by atoms with Gasteiger partial charge in [0.15, 0.2) is 0 Å². The number of rotatable bonds is 6. The average Bonchev–Trinajstić information content (AvgIpc) is 2.71. The summed E-state index contributed by atoms with van der Waals surface area (Å²) in [7, 11) is 4.34. The molecule has 7 heteroatoms. The molecule has 0 heterocycles. The van der Waals surface area contributed by atoms with Crippen LogP contribution in [0, 0.1) is 5.92 Å². The van der Waals surface area contributed by atoms with E-state index in [1.807, 2.05) is 12.1 Å². The van der Waals surface area contributed by atoms with E-state index >= 15 is 0 Å². The molecule has 0 aliphatic heterocycles. The van der Waals surface area contributed by atoms with Crippen LogP contribution in [0.4, 0.5) is 0 Å². The van der Waals surface area contributed by atoms with Crippen LogP contribution in [0.2, 0.25) is 0 Å². The molecule has 1 amide bonds. The molecule has 0 atom stereocenters. The Kier molecular flexibility index (Phi) is 6.74. The Hall–Kier alpha value is -2.41. The first-order valence-electron chi connectivity index (χ1n) is 8.68. The average molecular weight is 362 g/mol. The highest BCUT2D eigenvalue weighted by molar-refractivity contribution is 5.93. The highest BCUT2D eigenvalue weighted by Gasteiger charge is 2.44. The topological polar surface area (TPSA) is 93.7 Å². The first-order chi connectivity index (χ1) is 12.5. The molecule has 142 valence electrons. The van der Waals surface area contributed by atoms with Gasteiger partial charge in [0.1, 0.15) is 5.54 Å². The van der Waals surface area contributed by atoms with Crippen molar-refractivity contribution in [2.45, 2.75) is 37.8 Å². The molecule has 7 nitrogen and oxygen atoms in total. The number of esters is 2. The van der Waals surface area contributed by atoms with Gasteiger partial charge in [-0.3, -0.25) is 19.7 Å². The lowest BCUT2D eigenvalue weighted by Gasteiger charge is -2.37. The van der Waals surface area contributed by atoms with Gasteiger partial charge in [0, 0.05) is 19.2 Å². The van der Waals surface area contributed by atoms with Gasteiger partial charge >= 0.3 is 11.9 Å². The van der Waals surface area contributed by atoms with Gasteiger partial charge in [-0.1, -0.05) is 12.1 Å². The van der Waals surface area contributed by atoms with Crippen molar-refractivity contribution in [3.8, 4) is 0 Å². The van der Waals surface area contributed by atoms with E-state index in [1.165, 1.54) is 14.2 Å². The minimum absolute atomic E-state index is 0.142. The first-order valence-corrected chi connectivity index (χ1v) is 8.68. The maximum Gasteiger partial charge on any atom is 0.326 e. The Bertz CT molecular complexity index is 648. The number of methoxy groups -OCH3 is 2. The second kappa shape index (κ2) is 8.80. The van der Waals surface area contributed by atoms with E-state index in [-0.39, 0.29) is 23.8 Å². The summed E-state index contributed by atoms with van der Waals surface area (Å²) in [6.07, 6.45) is 2.17. The number of hydrogen-bond acceptors (Lipinski definition) is 6. The molecular weight excluding hydrogens is 336 g/mol. The monoisotopic (exact) mass is 362 g/mol. The van der Waals surface area contributed by atoms with E-state index in [0.717, 1.165) is 5.56 Å². The molecule has 2 N–H and O–H groups in total. The molecule has 0 saturated heterocycles. The molecular formula is C19H26N2O5. The number of ether oxygens (including phenoxy) is 2. The Labute approximate surface area is 153 Å². The minimum atomic E-state index is -0.807. The number of carbonyl (C=O) groups excluding carboxylic acids is 3. The van der Waals surface area contributed by atoms with Gasteiger partial charge in [0.2, 0.25) is 0 Å². The van der Waals surface area contributed by atoms with Gasteiger partial charge in [0.25, 0.3) is 5.91 Å². The summed E-state index contributed by atoms with van der Waals surface area (Å²) in [5, 5.41) is 5.89. The maximum absolute atomic E-state index is 12.4. The van der Waals surface area contributed by atoms with Gasteiger partial charge in [-0.25, -0.2) is 0 Å². The summed E-state index contributed by atoms with van der Waals surface area (Å²) in [6.45, 7) is 0.464. The largest absolute Gasteiger partial charge is 0.469 e. The van der Waals surface area contributed by atoms with E-state index in [2.05, 4.69) is 10.6 Å². The van der Waals surface area contributed by atoms with Crippen LogP contribution in [-0.4, -0.2) is 44.7 Å². The van der Waals surface area contributed by atoms with Crippen LogP contribution in [-0.2, 0) is 25.6 Å². The normalized spacial score (nSPS) is 22.3. The van der Waals surface area contributed by atoms with Crippen LogP contribution < -0.4 is 10.6 Å². The van der Waals surface area contributed by atoms with Crippen molar-refractivity contribution in [2.24, 2.45) is 5.92 Å². The molecule has 0 unspecified atom stereocenters. The fourth-order valence-electron chi connectivity index (χ4n) is 3.35. The van der Waals surface area contributed by atoms with Gasteiger partial charge in [0.05, 0.1) is 20.1 Å². The Morgan fingerprint density at radius 2 is 1.69 bits per heavy atom. The molecule has 0 radical (unpaired) electrons. The van der Waals surface area contributed by atoms with Crippen LogP contribution in [0.15, 0.2) is 24.3 Å². The van der Waals surface area contributed by atoms with Crippen molar-refractivity contribution in [1.82, 2.24) is 10.6 Å². The third-order valence-corrected chi connectivity index (χ3v) is 5.02. The summed E-state index contributed by atoms with van der Waals surface area (Å²) in [4.78, 5) is 35.7. The number of hydrogen-bond donors (Lipinski definition) is 2. The summed E-state index contributed by atoms with van der Waals surface area (Å²) in [5.74, 6) is -0.862. The summed E-state index contributed by atoms with van der Waals surface area (Å²) < 4.78 is 9.80. The molecule has 0 bridgehead atoms. The van der Waals surface area contributed by atoms with Crippen LogP contribution in [0.1, 0.15) is 41.6 Å². The van der Waals surface area contributed by atoms with Crippen molar-refractivity contribution in [3.05, 3.63) is 35.4 Å². The van der Waals surface area contributed by atoms with Crippen LogP contribution in [0.25, 0.3) is 0 Å². The molecule has 0 aromatic heterocycles. The molecule has 26 heavy (non-hydrogen) atoms. The summed E-state index contributed by atoms with van der Waals surface area (Å²) in [5.41, 5.74) is 0.729. The highest BCUT2D eigenvalue weighted by Crippen LogP contribution is 2.34. The smallest absolute Gasteiger partial charge is 0.326 e. The van der Waals surface area contributed by atoms with E-state index in [4.69, 9.17) is 9.47 Å². The van der Waals surface area contributed by atoms with E-state index < -0.39 is 5.54 Å². The van der Waals surface area contributed by atoms with Gasteiger partial charge in [-0.05, 0) is 43.4 Å². The molecule has 1 saturated carbocycles. The Balaban J connectivity index is 2.04. The fourth-order valence-corrected chi connectivity index (χ4v) is 3.35. The van der Waals surface area contributed by atoms with Gasteiger partial charge in [-0.15, -0.1) is 0 Å². The zero-order valence-electron chi connectivity index (χ0n) is 15.5. The first kappa shape index (κ1) is 19.9. The molecule has 1 aromatic carbocycles. The molecule has 1 aliphatic carbocycles. The summed E-state index contributed by atoms with van der Waals surface area (Å²) in [6, 6.07) is 7.19. The van der Waals surface area contributed by atoms with Crippen molar-refractivity contribution in [2.75, 3.05) is 21.3 Å². The lowest BCUT2D eigenvalue weighted by molar-refractivity contribution is -0.155. The molecule has 0 spiro atoms. The fraction of sp³-hybridized carbons (Fsp3) is 0.526. The zero-order chi connectivity index (χ0) is 19.2. The Morgan fingerprint density at radius 1 is 1.08 bits per heavy atom. The zero-order valence-corrected chi connectivity index (χ0v) is 15.5. The number of amides is 1. The Morgan fingerprint density at radius 3 is 2.19 bits per heavy atom. The van der Waals surface area contributed by atoms with Gasteiger partial charge < -0.3 is 14.8 Å². The predicted octanol–water partition coefficient (Wildman–Crippen LogP) is 1.41.